The van der Waals surface area contributed by atoms with Gasteiger partial charge in [-0.25, -0.2) is 4.98 Å². The molecule has 2 rings (SSSR count). The summed E-state index contributed by atoms with van der Waals surface area (Å²) >= 11 is 2.21. The van der Waals surface area contributed by atoms with Crippen LogP contribution in [0.25, 0.3) is 11.0 Å². The van der Waals surface area contributed by atoms with Crippen LogP contribution in [0.15, 0.2) is 24.4 Å². The van der Waals surface area contributed by atoms with E-state index in [1.54, 1.807) is 7.11 Å². The zero-order valence-electron chi connectivity index (χ0n) is 6.99. The highest BCUT2D eigenvalue weighted by Crippen LogP contribution is 2.16. The molecule has 0 saturated heterocycles. The largest absolute Gasteiger partial charge is 0.481 e. The highest BCUT2D eigenvalue weighted by atomic mass is 127. The second-order valence-electron chi connectivity index (χ2n) is 2.55. The van der Waals surface area contributed by atoms with Crippen molar-refractivity contribution >= 4 is 33.6 Å². The summed E-state index contributed by atoms with van der Waals surface area (Å²) in [5.41, 5.74) is 1.76. The van der Waals surface area contributed by atoms with Gasteiger partial charge in [0.2, 0.25) is 5.88 Å². The van der Waals surface area contributed by atoms with Crippen molar-refractivity contribution < 1.29 is 4.74 Å². The summed E-state index contributed by atoms with van der Waals surface area (Å²) in [5, 5.41) is 0. The summed E-state index contributed by atoms with van der Waals surface area (Å²) in [5.74, 6) is 0.622. The van der Waals surface area contributed by atoms with Gasteiger partial charge in [-0.15, -0.1) is 0 Å². The van der Waals surface area contributed by atoms with E-state index in [1.165, 1.54) is 0 Å². The van der Waals surface area contributed by atoms with Gasteiger partial charge in [0.25, 0.3) is 0 Å². The molecule has 0 atom stereocenters. The Morgan fingerprint density at radius 1 is 1.31 bits per heavy atom. The molecule has 0 amide bonds. The van der Waals surface area contributed by atoms with Crippen LogP contribution in [0, 0.1) is 3.57 Å². The van der Waals surface area contributed by atoms with Crippen molar-refractivity contribution in [1.82, 2.24) is 9.97 Å². The maximum absolute atomic E-state index is 5.02. The van der Waals surface area contributed by atoms with Crippen molar-refractivity contribution in [3.8, 4) is 5.88 Å². The second-order valence-corrected chi connectivity index (χ2v) is 3.79. The Labute approximate surface area is 89.3 Å². The van der Waals surface area contributed by atoms with E-state index >= 15 is 0 Å². The number of methoxy groups -OCH3 is 1. The maximum Gasteiger partial charge on any atom is 0.213 e. The molecule has 0 bridgehead atoms. The van der Waals surface area contributed by atoms with Crippen LogP contribution in [-0.4, -0.2) is 17.1 Å². The SMILES string of the molecule is COc1ccc2ncc(I)cc2n1. The Hall–Kier alpha value is -0.910. The summed E-state index contributed by atoms with van der Waals surface area (Å²) in [6.45, 7) is 0. The minimum atomic E-state index is 0.622. The molecule has 4 heteroatoms. The lowest BCUT2D eigenvalue weighted by molar-refractivity contribution is 0.399. The lowest BCUT2D eigenvalue weighted by atomic mass is 10.3. The molecular weight excluding hydrogens is 279 g/mol. The summed E-state index contributed by atoms with van der Waals surface area (Å²) in [7, 11) is 1.61. The van der Waals surface area contributed by atoms with Crippen LogP contribution in [0.4, 0.5) is 0 Å². The molecule has 0 saturated carbocycles. The van der Waals surface area contributed by atoms with Crippen LogP contribution in [0.1, 0.15) is 0 Å². The van der Waals surface area contributed by atoms with E-state index in [0.29, 0.717) is 5.88 Å². The predicted molar refractivity (Wildman–Crippen MR) is 58.8 cm³/mol. The van der Waals surface area contributed by atoms with Crippen LogP contribution in [0.2, 0.25) is 0 Å². The average molecular weight is 286 g/mol. The number of ether oxygens (including phenoxy) is 1. The summed E-state index contributed by atoms with van der Waals surface area (Å²) in [6, 6.07) is 5.69. The van der Waals surface area contributed by atoms with E-state index in [-0.39, 0.29) is 0 Å². The number of aromatic nitrogens is 2. The van der Waals surface area contributed by atoms with Gasteiger partial charge in [0.1, 0.15) is 0 Å². The molecule has 0 aliphatic rings. The van der Waals surface area contributed by atoms with Gasteiger partial charge in [0, 0.05) is 15.8 Å². The fourth-order valence-corrected chi connectivity index (χ4v) is 1.51. The van der Waals surface area contributed by atoms with Crippen molar-refractivity contribution in [3.63, 3.8) is 0 Å². The zero-order valence-corrected chi connectivity index (χ0v) is 9.15. The first-order valence-corrected chi connectivity index (χ1v) is 4.84. The van der Waals surface area contributed by atoms with Crippen LogP contribution >= 0.6 is 22.6 Å². The molecule has 2 aromatic rings. The minimum absolute atomic E-state index is 0.622. The predicted octanol–water partition coefficient (Wildman–Crippen LogP) is 2.24. The first-order chi connectivity index (χ1) is 6.29. The van der Waals surface area contributed by atoms with Gasteiger partial charge in [-0.3, -0.25) is 4.98 Å². The number of fused-ring (bicyclic) bond motifs is 1. The Morgan fingerprint density at radius 2 is 2.15 bits per heavy atom. The van der Waals surface area contributed by atoms with Crippen LogP contribution in [0.3, 0.4) is 0 Å². The molecule has 0 N–H and O–H groups in total. The molecule has 0 spiro atoms. The molecule has 66 valence electrons. The van der Waals surface area contributed by atoms with E-state index in [2.05, 4.69) is 32.6 Å². The molecule has 13 heavy (non-hydrogen) atoms. The first kappa shape index (κ1) is 8.68. The number of pyridine rings is 2. The van der Waals surface area contributed by atoms with Gasteiger partial charge in [0.05, 0.1) is 18.1 Å². The third kappa shape index (κ3) is 1.72. The third-order valence-corrected chi connectivity index (χ3v) is 2.28. The average Bonchev–Trinajstić information content (AvgIpc) is 2.16. The van der Waals surface area contributed by atoms with Gasteiger partial charge >= 0.3 is 0 Å². The lowest BCUT2D eigenvalue weighted by Crippen LogP contribution is -1.89. The molecule has 2 aromatic heterocycles. The normalized spacial score (nSPS) is 10.3. The van der Waals surface area contributed by atoms with E-state index in [0.717, 1.165) is 14.6 Å². The highest BCUT2D eigenvalue weighted by Gasteiger charge is 1.99. The molecule has 3 nitrogen and oxygen atoms in total. The molecular formula is C9H7IN2O. The van der Waals surface area contributed by atoms with Gasteiger partial charge in [-0.1, -0.05) is 0 Å². The Bertz CT molecular complexity index is 445. The fourth-order valence-electron chi connectivity index (χ4n) is 1.08. The molecule has 0 aliphatic heterocycles. The van der Waals surface area contributed by atoms with E-state index in [9.17, 15) is 0 Å². The Morgan fingerprint density at radius 3 is 2.92 bits per heavy atom. The summed E-state index contributed by atoms with van der Waals surface area (Å²) < 4.78 is 6.10. The van der Waals surface area contributed by atoms with Crippen LogP contribution in [-0.2, 0) is 0 Å². The van der Waals surface area contributed by atoms with Crippen LogP contribution in [0.5, 0.6) is 5.88 Å². The quantitative estimate of drug-likeness (QED) is 0.754. The Balaban J connectivity index is 2.68. The van der Waals surface area contributed by atoms with E-state index < -0.39 is 0 Å². The number of nitrogens with zero attached hydrogens (tertiary/aromatic N) is 2. The molecule has 0 aromatic carbocycles. The van der Waals surface area contributed by atoms with Crippen molar-refractivity contribution in [2.45, 2.75) is 0 Å². The lowest BCUT2D eigenvalue weighted by Gasteiger charge is -2.00. The fraction of sp³-hybridized carbons (Fsp3) is 0.111. The number of rotatable bonds is 1. The van der Waals surface area contributed by atoms with E-state index in [1.807, 2.05) is 24.4 Å². The summed E-state index contributed by atoms with van der Waals surface area (Å²) in [4.78, 5) is 8.50. The van der Waals surface area contributed by atoms with Crippen LogP contribution < -0.4 is 4.74 Å². The van der Waals surface area contributed by atoms with Gasteiger partial charge in [0.15, 0.2) is 0 Å². The molecule has 0 radical (unpaired) electrons. The highest BCUT2D eigenvalue weighted by molar-refractivity contribution is 14.1. The van der Waals surface area contributed by atoms with Crippen molar-refractivity contribution in [2.75, 3.05) is 7.11 Å². The second kappa shape index (κ2) is 3.45. The molecule has 0 fully saturated rings. The monoisotopic (exact) mass is 286 g/mol. The van der Waals surface area contributed by atoms with E-state index in [4.69, 9.17) is 4.74 Å². The van der Waals surface area contributed by atoms with Gasteiger partial charge < -0.3 is 4.74 Å². The Kier molecular flexibility index (Phi) is 2.30. The van der Waals surface area contributed by atoms with Crippen molar-refractivity contribution in [1.29, 1.82) is 0 Å². The van der Waals surface area contributed by atoms with Gasteiger partial charge in [-0.2, -0.15) is 0 Å². The van der Waals surface area contributed by atoms with Crippen molar-refractivity contribution in [2.24, 2.45) is 0 Å². The third-order valence-electron chi connectivity index (χ3n) is 1.69. The smallest absolute Gasteiger partial charge is 0.213 e. The minimum Gasteiger partial charge on any atom is -0.481 e. The summed E-state index contributed by atoms with van der Waals surface area (Å²) in [6.07, 6.45) is 1.82. The molecule has 2 heterocycles. The zero-order chi connectivity index (χ0) is 9.26. The molecule has 0 aliphatic carbocycles. The first-order valence-electron chi connectivity index (χ1n) is 3.76. The molecule has 0 unspecified atom stereocenters. The number of hydrogen-bond donors (Lipinski definition) is 0. The maximum atomic E-state index is 5.02. The van der Waals surface area contributed by atoms with Crippen molar-refractivity contribution in [3.05, 3.63) is 28.0 Å². The van der Waals surface area contributed by atoms with Gasteiger partial charge in [-0.05, 0) is 34.7 Å². The number of halogens is 1. The number of hydrogen-bond acceptors (Lipinski definition) is 3. The standard InChI is InChI=1S/C9H7IN2O/c1-13-9-3-2-7-8(12-9)4-6(10)5-11-7/h2-5H,1H3. The topological polar surface area (TPSA) is 35.0 Å².